The number of oxazole rings is 1. The van der Waals surface area contributed by atoms with E-state index in [0.29, 0.717) is 30.7 Å². The highest BCUT2D eigenvalue weighted by molar-refractivity contribution is 5.85. The summed E-state index contributed by atoms with van der Waals surface area (Å²) in [5.74, 6) is -1.85. The second kappa shape index (κ2) is 10.4. The number of hydrogen-bond acceptors (Lipinski definition) is 7. The number of benzene rings is 2. The van der Waals surface area contributed by atoms with Gasteiger partial charge < -0.3 is 24.9 Å². The Morgan fingerprint density at radius 3 is 2.74 bits per heavy atom. The molecule has 0 aliphatic carbocycles. The number of hydrogen-bond donors (Lipinski definition) is 2. The minimum Gasteiger partial charge on any atom is -0.408 e. The summed E-state index contributed by atoms with van der Waals surface area (Å²) in [6.07, 6.45) is 0.882. The van der Waals surface area contributed by atoms with Crippen LogP contribution in [-0.4, -0.2) is 48.5 Å². The van der Waals surface area contributed by atoms with Gasteiger partial charge in [-0.2, -0.15) is 5.26 Å². The molecule has 0 bridgehead atoms. The molecule has 3 aromatic rings. The maximum Gasteiger partial charge on any atom is 0.419 e. The van der Waals surface area contributed by atoms with Crippen LogP contribution >= 0.6 is 0 Å². The van der Waals surface area contributed by atoms with E-state index in [9.17, 15) is 14.9 Å². The highest BCUT2D eigenvalue weighted by atomic mass is 16.5. The Hall–Kier alpha value is -3.45. The molecule has 1 amide bonds. The molecule has 1 aliphatic rings. The van der Waals surface area contributed by atoms with E-state index in [0.717, 1.165) is 23.1 Å². The van der Waals surface area contributed by atoms with Crippen LogP contribution < -0.4 is 16.8 Å². The van der Waals surface area contributed by atoms with Gasteiger partial charge in [-0.1, -0.05) is 30.3 Å². The monoisotopic (exact) mass is 478 g/mol. The molecule has 35 heavy (non-hydrogen) atoms. The predicted molar refractivity (Wildman–Crippen MR) is 130 cm³/mol. The number of nitrogens with zero attached hydrogens (tertiary/aromatic N) is 2. The molecule has 2 heterocycles. The molecule has 1 saturated heterocycles. The number of fused-ring (bicyclic) bond motifs is 1. The Labute approximate surface area is 203 Å². The number of nitriles is 1. The molecule has 4 rings (SSSR count). The lowest BCUT2D eigenvalue weighted by atomic mass is 9.82. The second-order valence-electron chi connectivity index (χ2n) is 8.80. The van der Waals surface area contributed by atoms with E-state index in [2.05, 4.69) is 11.4 Å². The van der Waals surface area contributed by atoms with Gasteiger partial charge in [0.05, 0.1) is 30.2 Å². The molecule has 9 heteroatoms. The minimum absolute atomic E-state index is 0.168. The zero-order chi connectivity index (χ0) is 25.0. The highest BCUT2D eigenvalue weighted by Crippen LogP contribution is 2.29. The van der Waals surface area contributed by atoms with Crippen LogP contribution in [-0.2, 0) is 27.7 Å². The molecule has 3 N–H and O–H groups in total. The van der Waals surface area contributed by atoms with Gasteiger partial charge in [0.2, 0.25) is 0 Å². The molecule has 2 unspecified atom stereocenters. The minimum atomic E-state index is -1.46. The zero-order valence-electron chi connectivity index (χ0n) is 20.0. The van der Waals surface area contributed by atoms with Crippen LogP contribution in [0.2, 0.25) is 0 Å². The first kappa shape index (κ1) is 24.7. The Bertz CT molecular complexity index is 1290. The number of carbonyl (C=O) groups excluding carboxylic acids is 1. The molecule has 2 aromatic carbocycles. The molecule has 184 valence electrons. The summed E-state index contributed by atoms with van der Waals surface area (Å²) in [5.41, 5.74) is 8.35. The summed E-state index contributed by atoms with van der Waals surface area (Å²) in [7, 11) is 1.67. The molecule has 1 aliphatic heterocycles. The number of ether oxygens (including phenoxy) is 2. The van der Waals surface area contributed by atoms with Crippen molar-refractivity contribution < 1.29 is 18.7 Å². The van der Waals surface area contributed by atoms with Crippen molar-refractivity contribution in [3.8, 4) is 17.2 Å². The van der Waals surface area contributed by atoms with Crippen LogP contribution in [0.1, 0.15) is 18.9 Å². The van der Waals surface area contributed by atoms with E-state index in [-0.39, 0.29) is 19.3 Å². The van der Waals surface area contributed by atoms with Crippen LogP contribution in [0.4, 0.5) is 0 Å². The SMILES string of the molecule is CCOC1CCNCC(C(N)=O)([C@H](C#N)Cc2ccc(-c3ccc4oc(=O)n(C)c4c3)cc2)OC1. The Morgan fingerprint density at radius 1 is 1.31 bits per heavy atom. The van der Waals surface area contributed by atoms with Crippen molar-refractivity contribution in [3.63, 3.8) is 0 Å². The summed E-state index contributed by atoms with van der Waals surface area (Å²) in [6, 6.07) is 15.6. The number of aryl methyl sites for hydroxylation is 1. The van der Waals surface area contributed by atoms with E-state index in [1.165, 1.54) is 4.57 Å². The average Bonchev–Trinajstić information content (AvgIpc) is 3.13. The maximum absolute atomic E-state index is 12.6. The Kier molecular flexibility index (Phi) is 7.36. The molecule has 1 fully saturated rings. The van der Waals surface area contributed by atoms with Crippen LogP contribution in [0, 0.1) is 17.2 Å². The standard InChI is InChI=1S/C26H30N4O5/c1-3-33-21-10-11-29-16-26(24(28)31,34-15-21)20(14-27)12-17-4-6-18(7-5-17)19-8-9-23-22(13-19)30(2)25(32)35-23/h4-9,13,20-21,29H,3,10-12,15-16H2,1-2H3,(H2,28,31)/t20-,21?,26?/m0/s1. The van der Waals surface area contributed by atoms with E-state index < -0.39 is 23.2 Å². The van der Waals surface area contributed by atoms with Crippen LogP contribution in [0.25, 0.3) is 22.2 Å². The van der Waals surface area contributed by atoms with Crippen molar-refractivity contribution >= 4 is 17.0 Å². The second-order valence-corrected chi connectivity index (χ2v) is 8.80. The van der Waals surface area contributed by atoms with Gasteiger partial charge in [0, 0.05) is 20.2 Å². The molecule has 9 nitrogen and oxygen atoms in total. The summed E-state index contributed by atoms with van der Waals surface area (Å²) in [4.78, 5) is 24.4. The number of amides is 1. The van der Waals surface area contributed by atoms with Gasteiger partial charge in [-0.15, -0.1) is 0 Å². The summed E-state index contributed by atoms with van der Waals surface area (Å²) < 4.78 is 18.4. The smallest absolute Gasteiger partial charge is 0.408 e. The molecule has 0 radical (unpaired) electrons. The van der Waals surface area contributed by atoms with Gasteiger partial charge in [-0.05, 0) is 55.1 Å². The third-order valence-electron chi connectivity index (χ3n) is 6.61. The highest BCUT2D eigenvalue weighted by Gasteiger charge is 2.47. The number of carbonyl (C=O) groups is 1. The molecule has 3 atom stereocenters. The zero-order valence-corrected chi connectivity index (χ0v) is 20.0. The van der Waals surface area contributed by atoms with Crippen molar-refractivity contribution in [2.24, 2.45) is 18.7 Å². The molecular formula is C26H30N4O5. The summed E-state index contributed by atoms with van der Waals surface area (Å²) >= 11 is 0. The molecular weight excluding hydrogens is 448 g/mol. The average molecular weight is 479 g/mol. The first-order valence-corrected chi connectivity index (χ1v) is 11.7. The molecule has 1 aromatic heterocycles. The Morgan fingerprint density at radius 2 is 2.06 bits per heavy atom. The van der Waals surface area contributed by atoms with Gasteiger partial charge >= 0.3 is 5.76 Å². The maximum atomic E-state index is 12.6. The summed E-state index contributed by atoms with van der Waals surface area (Å²) in [6.45, 7) is 3.46. The van der Waals surface area contributed by atoms with E-state index in [4.69, 9.17) is 19.6 Å². The Balaban J connectivity index is 1.56. The van der Waals surface area contributed by atoms with Gasteiger partial charge in [0.25, 0.3) is 5.91 Å². The van der Waals surface area contributed by atoms with E-state index in [1.807, 2.05) is 43.3 Å². The van der Waals surface area contributed by atoms with Crippen molar-refractivity contribution in [1.29, 1.82) is 5.26 Å². The van der Waals surface area contributed by atoms with Crippen molar-refractivity contribution in [3.05, 3.63) is 58.6 Å². The summed E-state index contributed by atoms with van der Waals surface area (Å²) in [5, 5.41) is 13.2. The van der Waals surface area contributed by atoms with E-state index >= 15 is 0 Å². The third-order valence-corrected chi connectivity index (χ3v) is 6.61. The fourth-order valence-electron chi connectivity index (χ4n) is 4.52. The molecule has 0 spiro atoms. The van der Waals surface area contributed by atoms with Gasteiger partial charge in [0.1, 0.15) is 0 Å². The van der Waals surface area contributed by atoms with Gasteiger partial charge in [-0.25, -0.2) is 4.79 Å². The number of aromatic nitrogens is 1. The van der Waals surface area contributed by atoms with Crippen LogP contribution in [0.3, 0.4) is 0 Å². The lowest BCUT2D eigenvalue weighted by molar-refractivity contribution is -0.158. The number of primary amides is 1. The fraction of sp³-hybridized carbons (Fsp3) is 0.423. The first-order valence-electron chi connectivity index (χ1n) is 11.7. The third kappa shape index (κ3) is 5.00. The van der Waals surface area contributed by atoms with Gasteiger partial charge in [0.15, 0.2) is 11.2 Å². The van der Waals surface area contributed by atoms with Crippen LogP contribution in [0.5, 0.6) is 0 Å². The molecule has 0 saturated carbocycles. The quantitative estimate of drug-likeness (QED) is 0.531. The largest absolute Gasteiger partial charge is 0.419 e. The normalized spacial score (nSPS) is 21.7. The van der Waals surface area contributed by atoms with Crippen molar-refractivity contribution in [2.45, 2.75) is 31.5 Å². The van der Waals surface area contributed by atoms with E-state index in [1.54, 1.807) is 13.1 Å². The van der Waals surface area contributed by atoms with Crippen LogP contribution in [0.15, 0.2) is 51.7 Å². The van der Waals surface area contributed by atoms with Crippen molar-refractivity contribution in [2.75, 3.05) is 26.3 Å². The van der Waals surface area contributed by atoms with Crippen molar-refractivity contribution in [1.82, 2.24) is 9.88 Å². The fourth-order valence-corrected chi connectivity index (χ4v) is 4.52. The predicted octanol–water partition coefficient (Wildman–Crippen LogP) is 2.12. The number of rotatable bonds is 7. The number of nitrogens with two attached hydrogens (primary N) is 1. The number of nitrogens with one attached hydrogen (secondary N) is 1. The lowest BCUT2D eigenvalue weighted by Crippen LogP contribution is -2.60. The topological polar surface area (TPSA) is 133 Å². The lowest BCUT2D eigenvalue weighted by Gasteiger charge is -2.38. The first-order chi connectivity index (χ1) is 16.9. The van der Waals surface area contributed by atoms with Gasteiger partial charge in [-0.3, -0.25) is 9.36 Å².